The van der Waals surface area contributed by atoms with Gasteiger partial charge in [0.15, 0.2) is 0 Å². The largest absolute Gasteiger partial charge is 0.269 e. The van der Waals surface area contributed by atoms with Gasteiger partial charge in [0.2, 0.25) is 0 Å². The van der Waals surface area contributed by atoms with Gasteiger partial charge in [0.05, 0.1) is 12.2 Å². The van der Waals surface area contributed by atoms with Crippen molar-refractivity contribution < 1.29 is 9.59 Å². The highest BCUT2D eigenvalue weighted by molar-refractivity contribution is 9.10. The first-order valence-corrected chi connectivity index (χ1v) is 7.93. The molecule has 0 saturated heterocycles. The molecule has 2 heterocycles. The maximum Gasteiger partial charge on any atom is 0.261 e. The predicted octanol–water partition coefficient (Wildman–Crippen LogP) is 3.79. The highest BCUT2D eigenvalue weighted by Crippen LogP contribution is 2.34. The molecule has 0 N–H and O–H groups in total. The second-order valence-electron chi connectivity index (χ2n) is 5.34. The quantitative estimate of drug-likeness (QED) is 0.648. The average molecular weight is 367 g/mol. The summed E-state index contributed by atoms with van der Waals surface area (Å²) in [6.45, 7) is 0.171. The van der Waals surface area contributed by atoms with Crippen molar-refractivity contribution in [2.24, 2.45) is 0 Å². The van der Waals surface area contributed by atoms with Crippen molar-refractivity contribution in [3.63, 3.8) is 0 Å². The number of imide groups is 1. The molecule has 0 fully saturated rings. The highest BCUT2D eigenvalue weighted by atomic mass is 79.9. The number of benzene rings is 2. The van der Waals surface area contributed by atoms with Gasteiger partial charge in [-0.05, 0) is 35.7 Å². The monoisotopic (exact) mass is 366 g/mol. The summed E-state index contributed by atoms with van der Waals surface area (Å²) in [5.74, 6) is -0.561. The molecule has 2 aromatic carbocycles. The summed E-state index contributed by atoms with van der Waals surface area (Å²) in [4.78, 5) is 31.0. The number of halogens is 1. The Kier molecular flexibility index (Phi) is 3.23. The normalized spacial score (nSPS) is 13.7. The Morgan fingerprint density at radius 3 is 2.43 bits per heavy atom. The smallest absolute Gasteiger partial charge is 0.261 e. The molecule has 23 heavy (non-hydrogen) atoms. The third-order valence-electron chi connectivity index (χ3n) is 3.98. The maximum absolute atomic E-state index is 12.8. The molecule has 1 aliphatic heterocycles. The molecule has 1 aromatic heterocycles. The Hall–Kier alpha value is -2.53. The van der Waals surface area contributed by atoms with Gasteiger partial charge in [0.25, 0.3) is 11.8 Å². The lowest BCUT2D eigenvalue weighted by Gasteiger charge is -2.27. The first-order chi connectivity index (χ1) is 11.2. The van der Waals surface area contributed by atoms with Gasteiger partial charge >= 0.3 is 0 Å². The van der Waals surface area contributed by atoms with E-state index in [0.29, 0.717) is 22.2 Å². The molecule has 0 atom stereocenters. The number of amides is 2. The zero-order chi connectivity index (χ0) is 16.0. The molecule has 0 saturated carbocycles. The molecule has 0 radical (unpaired) electrons. The van der Waals surface area contributed by atoms with Crippen LogP contribution in [0, 0.1) is 0 Å². The van der Waals surface area contributed by atoms with E-state index in [-0.39, 0.29) is 18.4 Å². The summed E-state index contributed by atoms with van der Waals surface area (Å²) >= 11 is 3.48. The lowest BCUT2D eigenvalue weighted by Crippen LogP contribution is -2.39. The topological polar surface area (TPSA) is 50.3 Å². The van der Waals surface area contributed by atoms with Crippen LogP contribution in [0.15, 0.2) is 59.2 Å². The van der Waals surface area contributed by atoms with Crippen LogP contribution in [-0.4, -0.2) is 21.7 Å². The first-order valence-electron chi connectivity index (χ1n) is 7.14. The van der Waals surface area contributed by atoms with Gasteiger partial charge in [-0.3, -0.25) is 19.5 Å². The summed E-state index contributed by atoms with van der Waals surface area (Å²) in [5, 5.41) is 1.59. The van der Waals surface area contributed by atoms with Crippen LogP contribution in [0.4, 0.5) is 0 Å². The average Bonchev–Trinajstić information content (AvgIpc) is 2.59. The number of pyridine rings is 1. The molecule has 1 aliphatic rings. The van der Waals surface area contributed by atoms with Crippen molar-refractivity contribution >= 4 is 38.5 Å². The summed E-state index contributed by atoms with van der Waals surface area (Å²) in [6, 6.07) is 14.5. The van der Waals surface area contributed by atoms with Crippen LogP contribution in [0.25, 0.3) is 10.8 Å². The van der Waals surface area contributed by atoms with Crippen molar-refractivity contribution in [1.29, 1.82) is 0 Å². The van der Waals surface area contributed by atoms with Crippen LogP contribution in [0.5, 0.6) is 0 Å². The van der Waals surface area contributed by atoms with Gasteiger partial charge in [0.1, 0.15) is 0 Å². The minimum absolute atomic E-state index is 0.171. The highest BCUT2D eigenvalue weighted by Gasteiger charge is 2.33. The van der Waals surface area contributed by atoms with Gasteiger partial charge in [0, 0.05) is 27.2 Å². The van der Waals surface area contributed by atoms with Gasteiger partial charge < -0.3 is 0 Å². The minimum Gasteiger partial charge on any atom is -0.269 e. The van der Waals surface area contributed by atoms with E-state index in [0.717, 1.165) is 9.86 Å². The second kappa shape index (κ2) is 5.28. The van der Waals surface area contributed by atoms with Gasteiger partial charge in [-0.15, -0.1) is 0 Å². The summed E-state index contributed by atoms with van der Waals surface area (Å²) in [7, 11) is 0. The van der Waals surface area contributed by atoms with E-state index in [9.17, 15) is 9.59 Å². The van der Waals surface area contributed by atoms with Crippen molar-refractivity contribution in [3.8, 4) is 0 Å². The number of aromatic nitrogens is 1. The zero-order valence-corrected chi connectivity index (χ0v) is 13.6. The van der Waals surface area contributed by atoms with E-state index in [1.807, 2.05) is 24.3 Å². The molecule has 5 heteroatoms. The molecule has 2 amide bonds. The molecule has 3 aromatic rings. The van der Waals surface area contributed by atoms with Crippen LogP contribution in [0.1, 0.15) is 26.4 Å². The summed E-state index contributed by atoms with van der Waals surface area (Å²) in [5.41, 5.74) is 1.78. The third kappa shape index (κ3) is 2.16. The Bertz CT molecular complexity index is 932. The van der Waals surface area contributed by atoms with E-state index in [2.05, 4.69) is 20.9 Å². The van der Waals surface area contributed by atoms with Gasteiger partial charge in [-0.2, -0.15) is 0 Å². The molecule has 0 spiro atoms. The Labute approximate surface area is 140 Å². The fraction of sp³-hybridized carbons (Fsp3) is 0.0556. The van der Waals surface area contributed by atoms with Crippen LogP contribution < -0.4 is 0 Å². The molecule has 0 unspecified atom stereocenters. The fourth-order valence-electron chi connectivity index (χ4n) is 2.91. The maximum atomic E-state index is 12.8. The SMILES string of the molecule is O=C1c2cccc3c(Br)ccc(c23)C(=O)N1Cc1ccccn1. The summed E-state index contributed by atoms with van der Waals surface area (Å²) < 4.78 is 0.872. The lowest BCUT2D eigenvalue weighted by molar-refractivity contribution is 0.0596. The Morgan fingerprint density at radius 1 is 0.913 bits per heavy atom. The van der Waals surface area contributed by atoms with Crippen LogP contribution in [0.2, 0.25) is 0 Å². The summed E-state index contributed by atoms with van der Waals surface area (Å²) in [6.07, 6.45) is 1.65. The molecule has 4 nitrogen and oxygen atoms in total. The van der Waals surface area contributed by atoms with Crippen molar-refractivity contribution in [2.45, 2.75) is 6.54 Å². The van der Waals surface area contributed by atoms with Crippen LogP contribution in [0.3, 0.4) is 0 Å². The number of hydrogen-bond acceptors (Lipinski definition) is 3. The molecule has 0 aliphatic carbocycles. The van der Waals surface area contributed by atoms with Crippen LogP contribution >= 0.6 is 15.9 Å². The molecule has 0 bridgehead atoms. The standard InChI is InChI=1S/C18H11BrN2O2/c19-15-8-7-14-16-12(15)5-3-6-13(16)17(22)21(18(14)23)10-11-4-1-2-9-20-11/h1-9H,10H2. The number of hydrogen-bond donors (Lipinski definition) is 0. The fourth-order valence-corrected chi connectivity index (χ4v) is 3.37. The lowest BCUT2D eigenvalue weighted by atomic mass is 9.94. The molecular formula is C18H11BrN2O2. The van der Waals surface area contributed by atoms with Gasteiger partial charge in [-0.25, -0.2) is 0 Å². The molecule has 4 rings (SSSR count). The van der Waals surface area contributed by atoms with E-state index in [1.54, 1.807) is 30.5 Å². The third-order valence-corrected chi connectivity index (χ3v) is 4.68. The number of nitrogens with zero attached hydrogens (tertiary/aromatic N) is 2. The first kappa shape index (κ1) is 14.1. The van der Waals surface area contributed by atoms with Crippen LogP contribution in [-0.2, 0) is 6.54 Å². The Morgan fingerprint density at radius 2 is 1.70 bits per heavy atom. The zero-order valence-electron chi connectivity index (χ0n) is 12.0. The minimum atomic E-state index is -0.281. The number of carbonyl (C=O) groups is 2. The van der Waals surface area contributed by atoms with Crippen molar-refractivity contribution in [3.05, 3.63) is 76.0 Å². The van der Waals surface area contributed by atoms with E-state index >= 15 is 0 Å². The number of rotatable bonds is 2. The predicted molar refractivity (Wildman–Crippen MR) is 90.1 cm³/mol. The van der Waals surface area contributed by atoms with E-state index in [1.165, 1.54) is 4.90 Å². The van der Waals surface area contributed by atoms with Crippen molar-refractivity contribution in [1.82, 2.24) is 9.88 Å². The van der Waals surface area contributed by atoms with E-state index in [4.69, 9.17) is 0 Å². The second-order valence-corrected chi connectivity index (χ2v) is 6.19. The van der Waals surface area contributed by atoms with E-state index < -0.39 is 0 Å². The number of carbonyl (C=O) groups excluding carboxylic acids is 2. The molecule has 112 valence electrons. The van der Waals surface area contributed by atoms with Gasteiger partial charge in [-0.1, -0.05) is 34.1 Å². The molecular weight excluding hydrogens is 356 g/mol. The van der Waals surface area contributed by atoms with Crippen molar-refractivity contribution in [2.75, 3.05) is 0 Å². The Balaban J connectivity index is 1.87.